The molecule has 2 heterocycles. The van der Waals surface area contributed by atoms with Crippen molar-refractivity contribution in [3.8, 4) is 22.9 Å². The van der Waals surface area contributed by atoms with E-state index < -0.39 is 0 Å². The van der Waals surface area contributed by atoms with Gasteiger partial charge in [-0.05, 0) is 48.4 Å². The summed E-state index contributed by atoms with van der Waals surface area (Å²) in [4.78, 5) is 8.60. The molecule has 0 spiro atoms. The summed E-state index contributed by atoms with van der Waals surface area (Å²) in [5.41, 5.74) is 2.00. The van der Waals surface area contributed by atoms with Gasteiger partial charge >= 0.3 is 0 Å². The van der Waals surface area contributed by atoms with Gasteiger partial charge in [0.05, 0.1) is 6.54 Å². The van der Waals surface area contributed by atoms with E-state index in [-0.39, 0.29) is 6.79 Å². The maximum Gasteiger partial charge on any atom is 0.246 e. The molecule has 0 aliphatic carbocycles. The van der Waals surface area contributed by atoms with Gasteiger partial charge in [-0.15, -0.1) is 0 Å². The first-order valence-corrected chi connectivity index (χ1v) is 9.50. The van der Waals surface area contributed by atoms with Crippen molar-refractivity contribution in [1.29, 1.82) is 0 Å². The van der Waals surface area contributed by atoms with Gasteiger partial charge in [0.2, 0.25) is 18.5 Å². The van der Waals surface area contributed by atoms with Crippen molar-refractivity contribution in [2.75, 3.05) is 20.4 Å². The molecule has 2 N–H and O–H groups in total. The number of aromatic nitrogens is 2. The predicted octanol–water partition coefficient (Wildman–Crippen LogP) is 3.03. The van der Waals surface area contributed by atoms with Crippen molar-refractivity contribution in [2.45, 2.75) is 13.0 Å². The van der Waals surface area contributed by atoms with Crippen molar-refractivity contribution >= 4 is 17.6 Å². The molecular formula is C20H20ClN5O3. The molecule has 0 saturated carbocycles. The Labute approximate surface area is 172 Å². The monoisotopic (exact) mass is 413 g/mol. The van der Waals surface area contributed by atoms with Gasteiger partial charge in [-0.2, -0.15) is 4.98 Å². The van der Waals surface area contributed by atoms with Gasteiger partial charge in [-0.25, -0.2) is 0 Å². The molecule has 150 valence electrons. The third-order valence-corrected chi connectivity index (χ3v) is 4.60. The molecule has 1 aliphatic rings. The topological polar surface area (TPSA) is 93.8 Å². The lowest BCUT2D eigenvalue weighted by molar-refractivity contribution is 0.174. The lowest BCUT2D eigenvalue weighted by Gasteiger charge is -2.10. The molecular weight excluding hydrogens is 394 g/mol. The predicted molar refractivity (Wildman–Crippen MR) is 109 cm³/mol. The van der Waals surface area contributed by atoms with Gasteiger partial charge < -0.3 is 24.6 Å². The Bertz CT molecular complexity index is 1000. The average molecular weight is 414 g/mol. The maximum absolute atomic E-state index is 5.90. The minimum atomic E-state index is 0.281. The van der Waals surface area contributed by atoms with Crippen LogP contribution in [0.15, 0.2) is 52.0 Å². The summed E-state index contributed by atoms with van der Waals surface area (Å²) < 4.78 is 16.0. The Morgan fingerprint density at radius 1 is 1.10 bits per heavy atom. The van der Waals surface area contributed by atoms with Crippen LogP contribution in [0, 0.1) is 0 Å². The Morgan fingerprint density at radius 2 is 1.93 bits per heavy atom. The van der Waals surface area contributed by atoms with E-state index in [9.17, 15) is 0 Å². The molecule has 0 unspecified atom stereocenters. The number of halogens is 1. The summed E-state index contributed by atoms with van der Waals surface area (Å²) in [5, 5.41) is 11.1. The fourth-order valence-electron chi connectivity index (χ4n) is 2.84. The van der Waals surface area contributed by atoms with Crippen molar-refractivity contribution in [2.24, 2.45) is 4.99 Å². The minimum absolute atomic E-state index is 0.281. The summed E-state index contributed by atoms with van der Waals surface area (Å²) in [6.45, 7) is 1.35. The van der Waals surface area contributed by atoms with Crippen LogP contribution >= 0.6 is 11.6 Å². The molecule has 0 radical (unpaired) electrons. The number of rotatable bonds is 6. The number of nitrogens with zero attached hydrogens (tertiary/aromatic N) is 3. The summed E-state index contributed by atoms with van der Waals surface area (Å²) in [7, 11) is 1.71. The first kappa shape index (κ1) is 19.1. The van der Waals surface area contributed by atoms with Gasteiger partial charge in [0, 0.05) is 24.2 Å². The van der Waals surface area contributed by atoms with Gasteiger partial charge in [0.25, 0.3) is 0 Å². The van der Waals surface area contributed by atoms with Crippen LogP contribution in [0.4, 0.5) is 0 Å². The van der Waals surface area contributed by atoms with E-state index in [0.29, 0.717) is 35.8 Å². The molecule has 3 aromatic rings. The number of fused-ring (bicyclic) bond motifs is 1. The first-order chi connectivity index (χ1) is 14.2. The van der Waals surface area contributed by atoms with Crippen molar-refractivity contribution < 1.29 is 14.0 Å². The molecule has 0 bridgehead atoms. The Hall–Kier alpha value is -3.26. The van der Waals surface area contributed by atoms with E-state index in [1.165, 1.54) is 0 Å². The highest BCUT2D eigenvalue weighted by molar-refractivity contribution is 6.30. The highest BCUT2D eigenvalue weighted by Crippen LogP contribution is 2.32. The molecule has 8 nitrogen and oxygen atoms in total. The molecule has 9 heteroatoms. The van der Waals surface area contributed by atoms with Crippen LogP contribution < -0.4 is 20.1 Å². The molecule has 0 saturated heterocycles. The summed E-state index contributed by atoms with van der Waals surface area (Å²) in [6, 6.07) is 13.2. The van der Waals surface area contributed by atoms with Crippen LogP contribution in [0.2, 0.25) is 5.02 Å². The highest BCUT2D eigenvalue weighted by Gasteiger charge is 2.13. The fraction of sp³-hybridized carbons (Fsp3) is 0.250. The number of hydrogen-bond donors (Lipinski definition) is 2. The van der Waals surface area contributed by atoms with Crippen molar-refractivity contribution in [3.05, 3.63) is 58.9 Å². The third-order valence-electron chi connectivity index (χ3n) is 4.34. The molecule has 0 amide bonds. The number of hydrogen-bond acceptors (Lipinski definition) is 6. The van der Waals surface area contributed by atoms with E-state index in [1.54, 1.807) is 19.2 Å². The van der Waals surface area contributed by atoms with Gasteiger partial charge in [0.1, 0.15) is 0 Å². The Kier molecular flexibility index (Phi) is 5.81. The molecule has 2 aromatic carbocycles. The second-order valence-electron chi connectivity index (χ2n) is 6.31. The van der Waals surface area contributed by atoms with Crippen LogP contribution in [0.5, 0.6) is 11.5 Å². The van der Waals surface area contributed by atoms with Crippen molar-refractivity contribution in [1.82, 2.24) is 20.8 Å². The number of aliphatic imine (C=N–C) groups is 1. The van der Waals surface area contributed by atoms with E-state index >= 15 is 0 Å². The van der Waals surface area contributed by atoms with Gasteiger partial charge in [-0.1, -0.05) is 22.8 Å². The highest BCUT2D eigenvalue weighted by atomic mass is 35.5. The third kappa shape index (κ3) is 4.78. The lowest BCUT2D eigenvalue weighted by Crippen LogP contribution is -2.37. The largest absolute Gasteiger partial charge is 0.454 e. The second kappa shape index (κ2) is 8.83. The van der Waals surface area contributed by atoms with Gasteiger partial charge in [-0.3, -0.25) is 4.99 Å². The standard InChI is InChI=1S/C20H20ClN5O3/c1-22-20(23-9-8-13-2-7-16-17(10-13)28-12-27-16)24-11-18-25-19(26-29-18)14-3-5-15(21)6-4-14/h2-7,10H,8-9,11-12H2,1H3,(H2,22,23,24). The summed E-state index contributed by atoms with van der Waals surface area (Å²) in [5.74, 6) is 3.21. The van der Waals surface area contributed by atoms with Gasteiger partial charge in [0.15, 0.2) is 17.5 Å². The van der Waals surface area contributed by atoms with Crippen molar-refractivity contribution in [3.63, 3.8) is 0 Å². The maximum atomic E-state index is 5.90. The summed E-state index contributed by atoms with van der Waals surface area (Å²) in [6.07, 6.45) is 0.818. The fourth-order valence-corrected chi connectivity index (χ4v) is 2.97. The zero-order chi connectivity index (χ0) is 20.1. The normalized spacial score (nSPS) is 12.8. The smallest absolute Gasteiger partial charge is 0.246 e. The zero-order valence-corrected chi connectivity index (χ0v) is 16.6. The second-order valence-corrected chi connectivity index (χ2v) is 6.75. The van der Waals surface area contributed by atoms with E-state index in [0.717, 1.165) is 29.0 Å². The van der Waals surface area contributed by atoms with Crippen LogP contribution in [-0.4, -0.2) is 36.5 Å². The molecule has 1 aromatic heterocycles. The SMILES string of the molecule is CN=C(NCCc1ccc2c(c1)OCO2)NCc1nc(-c2ccc(Cl)cc2)no1. The quantitative estimate of drug-likeness (QED) is 0.473. The minimum Gasteiger partial charge on any atom is -0.454 e. The van der Waals surface area contributed by atoms with E-state index in [4.69, 9.17) is 25.6 Å². The lowest BCUT2D eigenvalue weighted by atomic mass is 10.1. The Balaban J connectivity index is 1.26. The van der Waals surface area contributed by atoms with Crippen LogP contribution in [0.1, 0.15) is 11.5 Å². The van der Waals surface area contributed by atoms with Crippen LogP contribution in [0.3, 0.4) is 0 Å². The van der Waals surface area contributed by atoms with E-state index in [2.05, 4.69) is 25.8 Å². The van der Waals surface area contributed by atoms with E-state index in [1.807, 2.05) is 30.3 Å². The first-order valence-electron chi connectivity index (χ1n) is 9.13. The number of ether oxygens (including phenoxy) is 2. The molecule has 4 rings (SSSR count). The number of benzene rings is 2. The van der Waals surface area contributed by atoms with Crippen LogP contribution in [-0.2, 0) is 13.0 Å². The van der Waals surface area contributed by atoms with Crippen LogP contribution in [0.25, 0.3) is 11.4 Å². The Morgan fingerprint density at radius 3 is 2.76 bits per heavy atom. The molecule has 29 heavy (non-hydrogen) atoms. The number of guanidine groups is 1. The molecule has 1 aliphatic heterocycles. The number of nitrogens with one attached hydrogen (secondary N) is 2. The zero-order valence-electron chi connectivity index (χ0n) is 15.8. The molecule has 0 fully saturated rings. The average Bonchev–Trinajstić information content (AvgIpc) is 3.40. The molecule has 0 atom stereocenters. The summed E-state index contributed by atoms with van der Waals surface area (Å²) >= 11 is 5.90.